The van der Waals surface area contributed by atoms with Gasteiger partial charge in [0.15, 0.2) is 0 Å². The predicted molar refractivity (Wildman–Crippen MR) is 115 cm³/mol. The molecule has 7 heteroatoms. The van der Waals surface area contributed by atoms with Gasteiger partial charge in [0.2, 0.25) is 0 Å². The summed E-state index contributed by atoms with van der Waals surface area (Å²) in [6, 6.07) is 14.7. The minimum atomic E-state index is -0.701. The molecular weight excluding hydrogens is 402 g/mol. The molecule has 0 bridgehead atoms. The lowest BCUT2D eigenvalue weighted by Crippen LogP contribution is -2.36. The Kier molecular flexibility index (Phi) is 5.35. The van der Waals surface area contributed by atoms with Crippen molar-refractivity contribution in [1.82, 2.24) is 9.78 Å². The molecule has 0 radical (unpaired) electrons. The van der Waals surface area contributed by atoms with Gasteiger partial charge in [0.1, 0.15) is 0 Å². The first-order valence-corrected chi connectivity index (χ1v) is 10.1. The Morgan fingerprint density at radius 1 is 1.17 bits per heavy atom. The van der Waals surface area contributed by atoms with Crippen molar-refractivity contribution in [1.29, 1.82) is 0 Å². The topological polar surface area (TPSA) is 64.4 Å². The lowest BCUT2D eigenvalue weighted by atomic mass is 9.81. The molecule has 4 rings (SSSR count). The maximum absolute atomic E-state index is 13.5. The fraction of sp³-hybridized carbons (Fsp3) is 0.261. The Labute approximate surface area is 180 Å². The van der Waals surface area contributed by atoms with E-state index in [4.69, 9.17) is 16.3 Å². The van der Waals surface area contributed by atoms with Crippen LogP contribution >= 0.6 is 11.6 Å². The van der Waals surface area contributed by atoms with Gasteiger partial charge in [0, 0.05) is 24.6 Å². The van der Waals surface area contributed by atoms with Gasteiger partial charge < -0.3 is 9.64 Å². The summed E-state index contributed by atoms with van der Waals surface area (Å²) in [6.45, 7) is 2.27. The number of aromatic nitrogens is 2. The Hall–Kier alpha value is -3.12. The number of benzene rings is 2. The van der Waals surface area contributed by atoms with Crippen LogP contribution in [0.25, 0.3) is 5.69 Å². The van der Waals surface area contributed by atoms with Crippen LogP contribution < -0.4 is 4.90 Å². The van der Waals surface area contributed by atoms with Crippen LogP contribution in [-0.2, 0) is 16.0 Å². The number of rotatable bonds is 3. The van der Waals surface area contributed by atoms with E-state index in [2.05, 4.69) is 5.10 Å². The van der Waals surface area contributed by atoms with Crippen LogP contribution in [0, 0.1) is 5.41 Å². The van der Waals surface area contributed by atoms with Crippen LogP contribution in [-0.4, -0.2) is 35.3 Å². The van der Waals surface area contributed by atoms with Crippen molar-refractivity contribution >= 4 is 29.2 Å². The summed E-state index contributed by atoms with van der Waals surface area (Å²) < 4.78 is 6.72. The average molecular weight is 424 g/mol. The van der Waals surface area contributed by atoms with Crippen molar-refractivity contribution in [2.75, 3.05) is 18.6 Å². The number of carbonyl (C=O) groups is 2. The minimum absolute atomic E-state index is 0.200. The molecule has 2 heterocycles. The number of nitrogens with zero attached hydrogens (tertiary/aromatic N) is 3. The molecule has 0 saturated heterocycles. The summed E-state index contributed by atoms with van der Waals surface area (Å²) >= 11 is 6.49. The van der Waals surface area contributed by atoms with Gasteiger partial charge in [-0.25, -0.2) is 4.68 Å². The highest BCUT2D eigenvalue weighted by molar-refractivity contribution is 6.34. The zero-order valence-corrected chi connectivity index (χ0v) is 17.6. The predicted octanol–water partition coefficient (Wildman–Crippen LogP) is 4.30. The first kappa shape index (κ1) is 20.2. The number of hydrogen-bond acceptors (Lipinski definition) is 4. The van der Waals surface area contributed by atoms with Gasteiger partial charge in [0.05, 0.1) is 28.8 Å². The number of para-hydroxylation sites is 1. The summed E-state index contributed by atoms with van der Waals surface area (Å²) in [5.41, 5.74) is 2.20. The molecular formula is C23H22ClN3O3. The van der Waals surface area contributed by atoms with Crippen LogP contribution in [0.4, 0.5) is 5.69 Å². The number of carbonyl (C=O) groups excluding carboxylic acids is 2. The second-order valence-corrected chi connectivity index (χ2v) is 8.09. The Bertz CT molecular complexity index is 1100. The highest BCUT2D eigenvalue weighted by Gasteiger charge is 2.39. The van der Waals surface area contributed by atoms with Crippen LogP contribution in [0.1, 0.15) is 29.3 Å². The van der Waals surface area contributed by atoms with Crippen molar-refractivity contribution in [2.24, 2.45) is 5.41 Å². The summed E-state index contributed by atoms with van der Waals surface area (Å²) in [4.78, 5) is 27.6. The minimum Gasteiger partial charge on any atom is -0.469 e. The highest BCUT2D eigenvalue weighted by atomic mass is 35.5. The van der Waals surface area contributed by atoms with Gasteiger partial charge in [0.25, 0.3) is 5.91 Å². The third-order valence-corrected chi connectivity index (χ3v) is 5.94. The summed E-state index contributed by atoms with van der Waals surface area (Å²) in [5, 5.41) is 4.55. The highest BCUT2D eigenvalue weighted by Crippen LogP contribution is 2.38. The van der Waals surface area contributed by atoms with E-state index in [1.807, 2.05) is 49.5 Å². The fourth-order valence-corrected chi connectivity index (χ4v) is 4.19. The smallest absolute Gasteiger partial charge is 0.311 e. The van der Waals surface area contributed by atoms with E-state index in [9.17, 15) is 9.59 Å². The van der Waals surface area contributed by atoms with Crippen LogP contribution in [0.5, 0.6) is 0 Å². The molecule has 0 N–H and O–H groups in total. The lowest BCUT2D eigenvalue weighted by Gasteiger charge is -2.25. The lowest BCUT2D eigenvalue weighted by molar-refractivity contribution is -0.152. The molecule has 6 nitrogen and oxygen atoms in total. The maximum atomic E-state index is 13.5. The Balaban J connectivity index is 1.70. The molecule has 0 spiro atoms. The molecule has 1 atom stereocenters. The first-order valence-electron chi connectivity index (χ1n) is 9.71. The van der Waals surface area contributed by atoms with E-state index >= 15 is 0 Å². The monoisotopic (exact) mass is 423 g/mol. The van der Waals surface area contributed by atoms with Gasteiger partial charge in [-0.15, -0.1) is 0 Å². The second-order valence-electron chi connectivity index (χ2n) is 7.68. The number of hydrogen-bond donors (Lipinski definition) is 0. The number of halogens is 1. The second kappa shape index (κ2) is 7.95. The standard InChI is InChI=1S/C23H22ClN3O3/c1-23(22(29)30-2)10-13-26(20-7-4-3-6-16(20)15-23)21(28)18-9-8-17(14-19(18)24)27-12-5-11-25-27/h3-9,11-12,14H,10,13,15H2,1-2H3. The molecule has 154 valence electrons. The number of methoxy groups -OCH3 is 1. The average Bonchev–Trinajstić information content (AvgIpc) is 3.23. The molecule has 2 aromatic carbocycles. The molecule has 1 aliphatic rings. The van der Waals surface area contributed by atoms with Gasteiger partial charge in [-0.3, -0.25) is 9.59 Å². The van der Waals surface area contributed by atoms with Gasteiger partial charge in [-0.1, -0.05) is 29.8 Å². The molecule has 1 unspecified atom stereocenters. The SMILES string of the molecule is COC(=O)C1(C)CCN(C(=O)c2ccc(-n3cccn3)cc2Cl)c2ccccc2C1. The van der Waals surface area contributed by atoms with Crippen molar-refractivity contribution in [3.63, 3.8) is 0 Å². The van der Waals surface area contributed by atoms with Gasteiger partial charge in [-0.05, 0) is 55.7 Å². The molecule has 30 heavy (non-hydrogen) atoms. The van der Waals surface area contributed by atoms with E-state index in [0.717, 1.165) is 16.9 Å². The van der Waals surface area contributed by atoms with Gasteiger partial charge in [-0.2, -0.15) is 5.10 Å². The van der Waals surface area contributed by atoms with Crippen LogP contribution in [0.3, 0.4) is 0 Å². The van der Waals surface area contributed by atoms with Crippen molar-refractivity contribution in [3.05, 3.63) is 77.1 Å². The summed E-state index contributed by atoms with van der Waals surface area (Å²) in [5.74, 6) is -0.471. The fourth-order valence-electron chi connectivity index (χ4n) is 3.93. The van der Waals surface area contributed by atoms with E-state index < -0.39 is 5.41 Å². The van der Waals surface area contributed by atoms with Crippen LogP contribution in [0.15, 0.2) is 60.9 Å². The molecule has 1 aromatic heterocycles. The van der Waals surface area contributed by atoms with E-state index in [1.165, 1.54) is 7.11 Å². The first-order chi connectivity index (χ1) is 14.4. The van der Waals surface area contributed by atoms with E-state index in [1.54, 1.807) is 27.9 Å². The molecule has 1 aliphatic heterocycles. The Morgan fingerprint density at radius 2 is 1.97 bits per heavy atom. The number of fused-ring (bicyclic) bond motifs is 1. The molecule has 1 amide bonds. The zero-order chi connectivity index (χ0) is 21.3. The van der Waals surface area contributed by atoms with Crippen molar-refractivity contribution in [3.8, 4) is 5.69 Å². The third-order valence-electron chi connectivity index (χ3n) is 5.63. The normalized spacial score (nSPS) is 18.4. The summed E-state index contributed by atoms with van der Waals surface area (Å²) in [7, 11) is 1.40. The molecule has 3 aromatic rings. The number of amides is 1. The molecule has 0 saturated carbocycles. The van der Waals surface area contributed by atoms with Gasteiger partial charge >= 0.3 is 5.97 Å². The number of esters is 1. The van der Waals surface area contributed by atoms with Crippen molar-refractivity contribution < 1.29 is 14.3 Å². The number of anilines is 1. The molecule has 0 aliphatic carbocycles. The van der Waals surface area contributed by atoms with Crippen LogP contribution in [0.2, 0.25) is 5.02 Å². The van der Waals surface area contributed by atoms with Crippen molar-refractivity contribution in [2.45, 2.75) is 19.8 Å². The maximum Gasteiger partial charge on any atom is 0.311 e. The largest absolute Gasteiger partial charge is 0.469 e. The Morgan fingerprint density at radius 3 is 2.67 bits per heavy atom. The summed E-state index contributed by atoms with van der Waals surface area (Å²) in [6.07, 6.45) is 4.49. The quantitative estimate of drug-likeness (QED) is 0.589. The third kappa shape index (κ3) is 3.59. The number of ether oxygens (including phenoxy) is 1. The van der Waals surface area contributed by atoms with E-state index in [0.29, 0.717) is 30.0 Å². The zero-order valence-electron chi connectivity index (χ0n) is 16.8. The molecule has 0 fully saturated rings. The van der Waals surface area contributed by atoms with E-state index in [-0.39, 0.29) is 11.9 Å².